The van der Waals surface area contributed by atoms with E-state index in [1.165, 1.54) is 0 Å². The van der Waals surface area contributed by atoms with E-state index in [1.807, 2.05) is 28.8 Å². The molecule has 1 aliphatic heterocycles. The zero-order valence-electron chi connectivity index (χ0n) is 9.67. The zero-order valence-corrected chi connectivity index (χ0v) is 9.67. The summed E-state index contributed by atoms with van der Waals surface area (Å²) in [5, 5.41) is 11.8. The van der Waals surface area contributed by atoms with Crippen LogP contribution in [-0.4, -0.2) is 40.4 Å². The van der Waals surface area contributed by atoms with Gasteiger partial charge in [-0.2, -0.15) is 0 Å². The van der Waals surface area contributed by atoms with Gasteiger partial charge in [-0.3, -0.25) is 4.40 Å². The first kappa shape index (κ1) is 10.7. The van der Waals surface area contributed by atoms with Crippen molar-refractivity contribution in [1.82, 2.24) is 19.9 Å². The van der Waals surface area contributed by atoms with E-state index in [4.69, 9.17) is 4.74 Å². The summed E-state index contributed by atoms with van der Waals surface area (Å²) in [6.45, 7) is 2.63. The topological polar surface area (TPSA) is 51.5 Å². The first-order valence-electron chi connectivity index (χ1n) is 6.03. The maximum atomic E-state index is 5.32. The lowest BCUT2D eigenvalue weighted by molar-refractivity contribution is 0.190. The van der Waals surface area contributed by atoms with Crippen molar-refractivity contribution in [2.75, 3.05) is 19.8 Å². The van der Waals surface area contributed by atoms with Gasteiger partial charge in [-0.25, -0.2) is 0 Å². The quantitative estimate of drug-likeness (QED) is 0.841. The van der Waals surface area contributed by atoms with Crippen molar-refractivity contribution in [2.45, 2.75) is 18.9 Å². The molecule has 0 radical (unpaired) electrons. The van der Waals surface area contributed by atoms with Gasteiger partial charge in [0.1, 0.15) is 5.82 Å². The van der Waals surface area contributed by atoms with Gasteiger partial charge in [0.15, 0.2) is 5.65 Å². The van der Waals surface area contributed by atoms with Crippen LogP contribution < -0.4 is 5.32 Å². The summed E-state index contributed by atoms with van der Waals surface area (Å²) in [5.74, 6) is 1.01. The number of aromatic nitrogens is 3. The van der Waals surface area contributed by atoms with Crippen molar-refractivity contribution in [2.24, 2.45) is 0 Å². The number of rotatable bonds is 4. The van der Waals surface area contributed by atoms with Crippen LogP contribution in [0.2, 0.25) is 0 Å². The summed E-state index contributed by atoms with van der Waals surface area (Å²) in [7, 11) is 0. The van der Waals surface area contributed by atoms with Gasteiger partial charge in [-0.05, 0) is 18.6 Å². The summed E-state index contributed by atoms with van der Waals surface area (Å²) >= 11 is 0. The highest BCUT2D eigenvalue weighted by atomic mass is 16.5. The number of ether oxygens (including phenoxy) is 1. The highest BCUT2D eigenvalue weighted by Gasteiger charge is 2.14. The van der Waals surface area contributed by atoms with E-state index in [-0.39, 0.29) is 0 Å². The van der Waals surface area contributed by atoms with Crippen LogP contribution in [0.4, 0.5) is 0 Å². The number of pyridine rings is 1. The summed E-state index contributed by atoms with van der Waals surface area (Å²) in [5.41, 5.74) is 0.909. The molecule has 1 atom stereocenters. The average Bonchev–Trinajstić information content (AvgIpc) is 2.99. The van der Waals surface area contributed by atoms with Crippen molar-refractivity contribution < 1.29 is 4.74 Å². The molecular formula is C12H16N4O. The van der Waals surface area contributed by atoms with Crippen molar-refractivity contribution in [3.63, 3.8) is 0 Å². The minimum absolute atomic E-state index is 0.509. The summed E-state index contributed by atoms with van der Waals surface area (Å²) < 4.78 is 7.35. The highest BCUT2D eigenvalue weighted by molar-refractivity contribution is 5.36. The highest BCUT2D eigenvalue weighted by Crippen LogP contribution is 2.05. The lowest BCUT2D eigenvalue weighted by atomic mass is 10.2. The van der Waals surface area contributed by atoms with Gasteiger partial charge < -0.3 is 10.1 Å². The predicted octanol–water partition coefficient (Wildman–Crippen LogP) is 0.650. The molecule has 1 unspecified atom stereocenters. The monoisotopic (exact) mass is 232 g/mol. The molecule has 0 saturated carbocycles. The second-order valence-electron chi connectivity index (χ2n) is 4.31. The van der Waals surface area contributed by atoms with E-state index in [0.717, 1.165) is 44.1 Å². The van der Waals surface area contributed by atoms with E-state index in [1.54, 1.807) is 0 Å². The van der Waals surface area contributed by atoms with Gasteiger partial charge in [0, 0.05) is 31.8 Å². The van der Waals surface area contributed by atoms with Gasteiger partial charge >= 0.3 is 0 Å². The van der Waals surface area contributed by atoms with Gasteiger partial charge in [0.25, 0.3) is 0 Å². The van der Waals surface area contributed by atoms with Crippen molar-refractivity contribution in [3.05, 3.63) is 30.2 Å². The first-order valence-corrected chi connectivity index (χ1v) is 6.03. The van der Waals surface area contributed by atoms with Gasteiger partial charge in [-0.1, -0.05) is 6.07 Å². The van der Waals surface area contributed by atoms with Crippen LogP contribution in [0.25, 0.3) is 5.65 Å². The van der Waals surface area contributed by atoms with Crippen molar-refractivity contribution in [1.29, 1.82) is 0 Å². The minimum atomic E-state index is 0.509. The number of nitrogens with zero attached hydrogens (tertiary/aromatic N) is 3. The fraction of sp³-hybridized carbons (Fsp3) is 0.500. The first-order chi connectivity index (χ1) is 8.43. The summed E-state index contributed by atoms with van der Waals surface area (Å²) in [4.78, 5) is 0. The third kappa shape index (κ3) is 2.30. The normalized spacial score (nSPS) is 20.1. The average molecular weight is 232 g/mol. The number of fused-ring (bicyclic) bond motifs is 1. The van der Waals surface area contributed by atoms with Gasteiger partial charge in [0.05, 0.1) is 6.61 Å². The Hall–Kier alpha value is -1.46. The lowest BCUT2D eigenvalue weighted by Gasteiger charge is -2.09. The molecule has 3 rings (SSSR count). The maximum Gasteiger partial charge on any atom is 0.160 e. The fourth-order valence-electron chi connectivity index (χ4n) is 2.15. The smallest absolute Gasteiger partial charge is 0.160 e. The second kappa shape index (κ2) is 4.81. The van der Waals surface area contributed by atoms with Crippen molar-refractivity contribution in [3.8, 4) is 0 Å². The Bertz CT molecular complexity index is 490. The molecule has 2 aromatic rings. The molecule has 1 N–H and O–H groups in total. The summed E-state index contributed by atoms with van der Waals surface area (Å²) in [6, 6.07) is 6.45. The molecule has 90 valence electrons. The van der Waals surface area contributed by atoms with Crippen LogP contribution in [0.1, 0.15) is 12.2 Å². The molecule has 0 amide bonds. The van der Waals surface area contributed by atoms with E-state index >= 15 is 0 Å². The van der Waals surface area contributed by atoms with Gasteiger partial charge in [0.2, 0.25) is 0 Å². The molecule has 0 aliphatic carbocycles. The molecule has 0 spiro atoms. The number of hydrogen-bond acceptors (Lipinski definition) is 4. The molecule has 5 nitrogen and oxygen atoms in total. The van der Waals surface area contributed by atoms with Crippen LogP contribution >= 0.6 is 0 Å². The molecule has 1 saturated heterocycles. The molecule has 17 heavy (non-hydrogen) atoms. The Labute approximate surface area is 99.8 Å². The van der Waals surface area contributed by atoms with E-state index in [2.05, 4.69) is 15.5 Å². The molecule has 0 aromatic carbocycles. The SMILES string of the molecule is c1ccn2c(CCNC3CCOC3)nnc2c1. The van der Waals surface area contributed by atoms with Crippen LogP contribution in [0.15, 0.2) is 24.4 Å². The molecule has 0 bridgehead atoms. The number of hydrogen-bond donors (Lipinski definition) is 1. The lowest BCUT2D eigenvalue weighted by Crippen LogP contribution is -2.31. The Balaban J connectivity index is 1.60. The van der Waals surface area contributed by atoms with E-state index in [9.17, 15) is 0 Å². The Morgan fingerprint density at radius 1 is 1.41 bits per heavy atom. The van der Waals surface area contributed by atoms with Crippen LogP contribution in [0.3, 0.4) is 0 Å². The van der Waals surface area contributed by atoms with Crippen molar-refractivity contribution >= 4 is 5.65 Å². The summed E-state index contributed by atoms with van der Waals surface area (Å²) in [6.07, 6.45) is 4.01. The van der Waals surface area contributed by atoms with E-state index < -0.39 is 0 Å². The number of nitrogens with one attached hydrogen (secondary N) is 1. The third-order valence-electron chi connectivity index (χ3n) is 3.10. The largest absolute Gasteiger partial charge is 0.380 e. The second-order valence-corrected chi connectivity index (χ2v) is 4.31. The molecule has 2 aromatic heterocycles. The van der Waals surface area contributed by atoms with Crippen LogP contribution in [-0.2, 0) is 11.2 Å². The third-order valence-corrected chi connectivity index (χ3v) is 3.10. The van der Waals surface area contributed by atoms with Gasteiger partial charge in [-0.15, -0.1) is 10.2 Å². The molecular weight excluding hydrogens is 216 g/mol. The fourth-order valence-corrected chi connectivity index (χ4v) is 2.15. The molecule has 1 aliphatic rings. The Kier molecular flexibility index (Phi) is 3.02. The Morgan fingerprint density at radius 3 is 3.29 bits per heavy atom. The predicted molar refractivity (Wildman–Crippen MR) is 63.9 cm³/mol. The zero-order chi connectivity index (χ0) is 11.5. The van der Waals surface area contributed by atoms with E-state index in [0.29, 0.717) is 6.04 Å². The standard InChI is InChI=1S/C12H16N4O/c1-2-7-16-11(3-1)14-15-12(16)4-6-13-10-5-8-17-9-10/h1-3,7,10,13H,4-6,8-9H2. The van der Waals surface area contributed by atoms with Crippen LogP contribution in [0.5, 0.6) is 0 Å². The molecule has 5 heteroatoms. The molecule has 1 fully saturated rings. The minimum Gasteiger partial charge on any atom is -0.380 e. The Morgan fingerprint density at radius 2 is 2.41 bits per heavy atom. The van der Waals surface area contributed by atoms with Crippen LogP contribution in [0, 0.1) is 0 Å². The molecule has 3 heterocycles. The maximum absolute atomic E-state index is 5.32.